The van der Waals surface area contributed by atoms with Crippen LogP contribution < -0.4 is 10.1 Å². The molecule has 3 aromatic rings. The lowest BCUT2D eigenvalue weighted by molar-refractivity contribution is 0.373. The highest BCUT2D eigenvalue weighted by molar-refractivity contribution is 5.83. The van der Waals surface area contributed by atoms with E-state index in [-0.39, 0.29) is 5.75 Å². The normalized spacial score (nSPS) is 11.0. The highest BCUT2D eigenvalue weighted by Gasteiger charge is 2.04. The van der Waals surface area contributed by atoms with E-state index in [2.05, 4.69) is 41.6 Å². The van der Waals surface area contributed by atoms with Gasteiger partial charge in [0, 0.05) is 23.6 Å². The average Bonchev–Trinajstić information content (AvgIpc) is 2.94. The van der Waals surface area contributed by atoms with Crippen LogP contribution in [0, 0.1) is 6.92 Å². The van der Waals surface area contributed by atoms with Crippen LogP contribution >= 0.6 is 0 Å². The second kappa shape index (κ2) is 6.75. The Balaban J connectivity index is 1.56. The number of aromatic hydroxyl groups is 1. The smallest absolute Gasteiger partial charge is 0.160 e. The Morgan fingerprint density at radius 3 is 2.83 bits per heavy atom. The molecule has 0 aliphatic carbocycles. The van der Waals surface area contributed by atoms with E-state index in [1.54, 1.807) is 19.2 Å². The fourth-order valence-corrected chi connectivity index (χ4v) is 2.81. The van der Waals surface area contributed by atoms with Gasteiger partial charge in [-0.15, -0.1) is 0 Å². The number of nitrogens with one attached hydrogen (secondary N) is 2. The quantitative estimate of drug-likeness (QED) is 0.611. The van der Waals surface area contributed by atoms with Crippen LogP contribution in [0.15, 0.2) is 42.6 Å². The van der Waals surface area contributed by atoms with Crippen molar-refractivity contribution in [3.8, 4) is 11.5 Å². The second-order valence-electron chi connectivity index (χ2n) is 5.80. The van der Waals surface area contributed by atoms with Crippen molar-refractivity contribution >= 4 is 10.9 Å². The van der Waals surface area contributed by atoms with Crippen LogP contribution in [0.5, 0.6) is 11.5 Å². The van der Waals surface area contributed by atoms with Crippen molar-refractivity contribution in [1.29, 1.82) is 0 Å². The van der Waals surface area contributed by atoms with Gasteiger partial charge in [-0.05, 0) is 54.8 Å². The molecule has 2 aromatic carbocycles. The average molecular weight is 310 g/mol. The number of aromatic amines is 1. The third kappa shape index (κ3) is 3.48. The van der Waals surface area contributed by atoms with Crippen LogP contribution in [0.3, 0.4) is 0 Å². The first-order valence-electron chi connectivity index (χ1n) is 7.80. The van der Waals surface area contributed by atoms with E-state index in [1.165, 1.54) is 22.0 Å². The van der Waals surface area contributed by atoms with E-state index in [9.17, 15) is 5.11 Å². The van der Waals surface area contributed by atoms with Gasteiger partial charge in [-0.2, -0.15) is 0 Å². The summed E-state index contributed by atoms with van der Waals surface area (Å²) in [4.78, 5) is 3.33. The van der Waals surface area contributed by atoms with Crippen molar-refractivity contribution in [1.82, 2.24) is 10.3 Å². The molecule has 0 fully saturated rings. The Hall–Kier alpha value is -2.46. The molecule has 0 saturated carbocycles. The number of aryl methyl sites for hydroxylation is 1. The van der Waals surface area contributed by atoms with Gasteiger partial charge < -0.3 is 20.1 Å². The molecule has 4 heteroatoms. The van der Waals surface area contributed by atoms with Crippen molar-refractivity contribution in [2.75, 3.05) is 13.7 Å². The van der Waals surface area contributed by atoms with Crippen molar-refractivity contribution < 1.29 is 9.84 Å². The Bertz CT molecular complexity index is 808. The number of benzene rings is 2. The monoisotopic (exact) mass is 310 g/mol. The largest absolute Gasteiger partial charge is 0.504 e. The minimum Gasteiger partial charge on any atom is -0.504 e. The number of aromatic nitrogens is 1. The lowest BCUT2D eigenvalue weighted by atomic mass is 10.1. The maximum Gasteiger partial charge on any atom is 0.160 e. The lowest BCUT2D eigenvalue weighted by Gasteiger charge is -2.07. The first-order chi connectivity index (χ1) is 11.2. The van der Waals surface area contributed by atoms with Crippen LogP contribution in [0.1, 0.15) is 16.7 Å². The van der Waals surface area contributed by atoms with E-state index in [0.717, 1.165) is 25.1 Å². The Morgan fingerprint density at radius 2 is 2.04 bits per heavy atom. The molecule has 3 N–H and O–H groups in total. The van der Waals surface area contributed by atoms with Gasteiger partial charge in [0.25, 0.3) is 0 Å². The molecule has 0 atom stereocenters. The molecule has 0 aliphatic rings. The number of phenolic OH excluding ortho intramolecular Hbond substituents is 1. The molecule has 0 radical (unpaired) electrons. The minimum atomic E-state index is 0.179. The number of hydrogen-bond donors (Lipinski definition) is 3. The maximum absolute atomic E-state index is 9.78. The zero-order valence-electron chi connectivity index (χ0n) is 13.5. The predicted molar refractivity (Wildman–Crippen MR) is 93.1 cm³/mol. The summed E-state index contributed by atoms with van der Waals surface area (Å²) >= 11 is 0. The molecule has 0 spiro atoms. The van der Waals surface area contributed by atoms with Gasteiger partial charge >= 0.3 is 0 Å². The zero-order chi connectivity index (χ0) is 16.2. The van der Waals surface area contributed by atoms with Crippen molar-refractivity contribution in [2.45, 2.75) is 19.9 Å². The molecule has 0 aliphatic heterocycles. The van der Waals surface area contributed by atoms with E-state index < -0.39 is 0 Å². The van der Waals surface area contributed by atoms with Crippen LogP contribution in [-0.4, -0.2) is 23.7 Å². The first-order valence-corrected chi connectivity index (χ1v) is 7.80. The van der Waals surface area contributed by atoms with Crippen LogP contribution in [0.25, 0.3) is 10.9 Å². The molecule has 1 heterocycles. The summed E-state index contributed by atoms with van der Waals surface area (Å²) in [7, 11) is 1.55. The number of fused-ring (bicyclic) bond motifs is 1. The molecular formula is C19H22N2O2. The molecule has 4 nitrogen and oxygen atoms in total. The summed E-state index contributed by atoms with van der Waals surface area (Å²) in [6.45, 7) is 3.71. The number of methoxy groups -OCH3 is 1. The van der Waals surface area contributed by atoms with Gasteiger partial charge in [-0.25, -0.2) is 0 Å². The lowest BCUT2D eigenvalue weighted by Crippen LogP contribution is -2.16. The standard InChI is InChI=1S/C19H22N2O2/c1-13-3-5-16-15(12-21-17(16)9-13)7-8-20-11-14-4-6-19(23-2)18(22)10-14/h3-6,9-10,12,20-22H,7-8,11H2,1-2H3. The van der Waals surface area contributed by atoms with Crippen LogP contribution in [-0.2, 0) is 13.0 Å². The van der Waals surface area contributed by atoms with Crippen molar-refractivity contribution in [3.63, 3.8) is 0 Å². The highest BCUT2D eigenvalue weighted by Crippen LogP contribution is 2.26. The Morgan fingerprint density at radius 1 is 1.17 bits per heavy atom. The molecule has 23 heavy (non-hydrogen) atoms. The Kier molecular flexibility index (Phi) is 4.53. The first kappa shape index (κ1) is 15.4. The topological polar surface area (TPSA) is 57.3 Å². The van der Waals surface area contributed by atoms with Crippen LogP contribution in [0.4, 0.5) is 0 Å². The van der Waals surface area contributed by atoms with Gasteiger partial charge in [-0.3, -0.25) is 0 Å². The third-order valence-electron chi connectivity index (χ3n) is 4.07. The van der Waals surface area contributed by atoms with Gasteiger partial charge in [-0.1, -0.05) is 18.2 Å². The fourth-order valence-electron chi connectivity index (χ4n) is 2.81. The summed E-state index contributed by atoms with van der Waals surface area (Å²) in [6.07, 6.45) is 3.05. The summed E-state index contributed by atoms with van der Waals surface area (Å²) in [5.41, 5.74) is 4.83. The molecular weight excluding hydrogens is 288 g/mol. The maximum atomic E-state index is 9.78. The number of ether oxygens (including phenoxy) is 1. The van der Waals surface area contributed by atoms with E-state index in [4.69, 9.17) is 4.74 Å². The molecule has 3 rings (SSSR count). The van der Waals surface area contributed by atoms with Crippen molar-refractivity contribution in [3.05, 3.63) is 59.3 Å². The molecule has 0 unspecified atom stereocenters. The Labute approximate surface area is 136 Å². The van der Waals surface area contributed by atoms with E-state index in [1.807, 2.05) is 6.07 Å². The number of rotatable bonds is 6. The predicted octanol–water partition coefficient (Wildman–Crippen LogP) is 3.52. The molecule has 1 aromatic heterocycles. The third-order valence-corrected chi connectivity index (χ3v) is 4.07. The number of hydrogen-bond acceptors (Lipinski definition) is 3. The minimum absolute atomic E-state index is 0.179. The van der Waals surface area contributed by atoms with E-state index in [0.29, 0.717) is 5.75 Å². The van der Waals surface area contributed by atoms with Gasteiger partial charge in [0.2, 0.25) is 0 Å². The highest BCUT2D eigenvalue weighted by atomic mass is 16.5. The number of H-pyrrole nitrogens is 1. The SMILES string of the molecule is COc1ccc(CNCCc2c[nH]c3cc(C)ccc23)cc1O. The fraction of sp³-hybridized carbons (Fsp3) is 0.263. The second-order valence-corrected chi connectivity index (χ2v) is 5.80. The molecule has 0 bridgehead atoms. The summed E-state index contributed by atoms with van der Waals surface area (Å²) in [5, 5.41) is 14.5. The zero-order valence-corrected chi connectivity index (χ0v) is 13.5. The molecule has 0 saturated heterocycles. The van der Waals surface area contributed by atoms with Crippen molar-refractivity contribution in [2.24, 2.45) is 0 Å². The summed E-state index contributed by atoms with van der Waals surface area (Å²) < 4.78 is 5.05. The van der Waals surface area contributed by atoms with Gasteiger partial charge in [0.15, 0.2) is 11.5 Å². The summed E-state index contributed by atoms with van der Waals surface area (Å²) in [6, 6.07) is 12.0. The molecule has 120 valence electrons. The summed E-state index contributed by atoms with van der Waals surface area (Å²) in [5.74, 6) is 0.682. The van der Waals surface area contributed by atoms with Gasteiger partial charge in [0.1, 0.15) is 0 Å². The van der Waals surface area contributed by atoms with E-state index >= 15 is 0 Å². The van der Waals surface area contributed by atoms with Gasteiger partial charge in [0.05, 0.1) is 7.11 Å². The number of phenols is 1. The molecule has 0 amide bonds. The van der Waals surface area contributed by atoms with Crippen LogP contribution in [0.2, 0.25) is 0 Å².